The van der Waals surface area contributed by atoms with E-state index < -0.39 is 5.82 Å². The molecule has 0 aliphatic rings. The monoisotopic (exact) mass is 254 g/mol. The van der Waals surface area contributed by atoms with E-state index in [9.17, 15) is 9.18 Å². The van der Waals surface area contributed by atoms with Crippen molar-refractivity contribution in [2.45, 2.75) is 0 Å². The van der Waals surface area contributed by atoms with Gasteiger partial charge in [-0.3, -0.25) is 4.79 Å². The minimum atomic E-state index is -0.565. The topological polar surface area (TPSA) is 58.9 Å². The molecule has 0 spiro atoms. The smallest absolute Gasteiger partial charge is 0.198 e. The van der Waals surface area contributed by atoms with Crippen molar-refractivity contribution in [3.63, 3.8) is 0 Å². The minimum Gasteiger partial charge on any atom is -0.399 e. The Morgan fingerprint density at radius 3 is 2.74 bits per heavy atom. The molecule has 3 N–H and O–H groups in total. The number of carbonyl (C=O) groups excluding carboxylic acids is 1. The Balaban J connectivity index is 2.16. The summed E-state index contributed by atoms with van der Waals surface area (Å²) in [7, 11) is 0. The molecule has 1 aromatic heterocycles. The minimum absolute atomic E-state index is 0.00949. The van der Waals surface area contributed by atoms with Gasteiger partial charge in [0.15, 0.2) is 5.78 Å². The lowest BCUT2D eigenvalue weighted by atomic mass is 10.0. The Bertz CT molecular complexity index is 777. The van der Waals surface area contributed by atoms with E-state index in [0.717, 1.165) is 10.9 Å². The first kappa shape index (κ1) is 11.5. The van der Waals surface area contributed by atoms with Gasteiger partial charge in [0.25, 0.3) is 0 Å². The van der Waals surface area contributed by atoms with E-state index in [4.69, 9.17) is 5.73 Å². The van der Waals surface area contributed by atoms with Crippen molar-refractivity contribution < 1.29 is 9.18 Å². The zero-order valence-electron chi connectivity index (χ0n) is 9.98. The maximum atomic E-state index is 13.7. The number of carbonyl (C=O) groups is 1. The van der Waals surface area contributed by atoms with Crippen LogP contribution in [0.1, 0.15) is 15.9 Å². The van der Waals surface area contributed by atoms with Crippen LogP contribution in [0.4, 0.5) is 10.1 Å². The lowest BCUT2D eigenvalue weighted by molar-refractivity contribution is 0.103. The van der Waals surface area contributed by atoms with Gasteiger partial charge in [0.1, 0.15) is 5.82 Å². The summed E-state index contributed by atoms with van der Waals surface area (Å²) in [6.45, 7) is 0. The van der Waals surface area contributed by atoms with Crippen LogP contribution in [0.3, 0.4) is 0 Å². The van der Waals surface area contributed by atoms with Gasteiger partial charge >= 0.3 is 0 Å². The number of hydrogen-bond acceptors (Lipinski definition) is 2. The van der Waals surface area contributed by atoms with E-state index in [1.807, 2.05) is 24.3 Å². The molecule has 0 amide bonds. The van der Waals surface area contributed by atoms with Gasteiger partial charge in [-0.2, -0.15) is 0 Å². The molecule has 1 heterocycles. The maximum absolute atomic E-state index is 13.7. The van der Waals surface area contributed by atoms with Crippen molar-refractivity contribution in [2.24, 2.45) is 0 Å². The molecule has 0 atom stereocenters. The van der Waals surface area contributed by atoms with Gasteiger partial charge in [0.05, 0.1) is 5.56 Å². The molecule has 4 heteroatoms. The number of nitrogens with one attached hydrogen (secondary N) is 1. The molecule has 2 aromatic carbocycles. The van der Waals surface area contributed by atoms with Crippen LogP contribution in [-0.2, 0) is 0 Å². The highest BCUT2D eigenvalue weighted by Gasteiger charge is 2.17. The van der Waals surface area contributed by atoms with E-state index in [1.165, 1.54) is 18.2 Å². The third-order valence-corrected chi connectivity index (χ3v) is 3.07. The standard InChI is InChI=1S/C15H11FN2O/c16-13-6-5-9(17)7-11(13)15(19)12-8-18-14-4-2-1-3-10(12)14/h1-8,18H,17H2. The van der Waals surface area contributed by atoms with Crippen LogP contribution in [-0.4, -0.2) is 10.8 Å². The predicted octanol–water partition coefficient (Wildman–Crippen LogP) is 3.12. The van der Waals surface area contributed by atoms with Crippen molar-refractivity contribution >= 4 is 22.4 Å². The number of aromatic amines is 1. The molecular formula is C15H11FN2O. The molecule has 0 saturated carbocycles. The summed E-state index contributed by atoms with van der Waals surface area (Å²) < 4.78 is 13.7. The fraction of sp³-hybridized carbons (Fsp3) is 0. The number of ketones is 1. The second kappa shape index (κ2) is 4.24. The first-order valence-corrected chi connectivity index (χ1v) is 5.82. The number of nitrogens with two attached hydrogens (primary N) is 1. The zero-order valence-corrected chi connectivity index (χ0v) is 9.98. The average molecular weight is 254 g/mol. The number of H-pyrrole nitrogens is 1. The lowest BCUT2D eigenvalue weighted by Crippen LogP contribution is -2.04. The Hall–Kier alpha value is -2.62. The van der Waals surface area contributed by atoms with Gasteiger partial charge in [0.2, 0.25) is 0 Å². The summed E-state index contributed by atoms with van der Waals surface area (Å²) in [5, 5.41) is 0.773. The quantitative estimate of drug-likeness (QED) is 0.545. The Morgan fingerprint density at radius 1 is 1.11 bits per heavy atom. The number of rotatable bonds is 2. The predicted molar refractivity (Wildman–Crippen MR) is 72.5 cm³/mol. The molecule has 3 aromatic rings. The van der Waals surface area contributed by atoms with Crippen molar-refractivity contribution in [1.82, 2.24) is 4.98 Å². The van der Waals surface area contributed by atoms with Crippen molar-refractivity contribution in [3.8, 4) is 0 Å². The molecular weight excluding hydrogens is 243 g/mol. The molecule has 3 rings (SSSR count). The first-order valence-electron chi connectivity index (χ1n) is 5.82. The van der Waals surface area contributed by atoms with Crippen LogP contribution in [0, 0.1) is 5.82 Å². The van der Waals surface area contributed by atoms with E-state index in [0.29, 0.717) is 11.3 Å². The van der Waals surface area contributed by atoms with Crippen molar-refractivity contribution in [1.29, 1.82) is 0 Å². The fourth-order valence-electron chi connectivity index (χ4n) is 2.12. The number of halogens is 1. The summed E-state index contributed by atoms with van der Waals surface area (Å²) in [4.78, 5) is 15.4. The van der Waals surface area contributed by atoms with Crippen LogP contribution >= 0.6 is 0 Å². The van der Waals surface area contributed by atoms with Crippen LogP contribution in [0.15, 0.2) is 48.7 Å². The number of para-hydroxylation sites is 1. The number of benzene rings is 2. The SMILES string of the molecule is Nc1ccc(F)c(C(=O)c2c[nH]c3ccccc23)c1. The first-order chi connectivity index (χ1) is 9.16. The van der Waals surface area contributed by atoms with Crippen LogP contribution in [0.2, 0.25) is 0 Å². The second-order valence-corrected chi connectivity index (χ2v) is 4.32. The van der Waals surface area contributed by atoms with Gasteiger partial charge in [0, 0.05) is 28.4 Å². The summed E-state index contributed by atoms with van der Waals surface area (Å²) in [5.74, 6) is -0.938. The summed E-state index contributed by atoms with van der Waals surface area (Å²) in [6, 6.07) is 11.4. The van der Waals surface area contributed by atoms with Crippen LogP contribution in [0.5, 0.6) is 0 Å². The van der Waals surface area contributed by atoms with Gasteiger partial charge in [-0.1, -0.05) is 18.2 Å². The van der Waals surface area contributed by atoms with Crippen LogP contribution < -0.4 is 5.73 Å². The van der Waals surface area contributed by atoms with Crippen molar-refractivity contribution in [2.75, 3.05) is 5.73 Å². The molecule has 0 saturated heterocycles. The van der Waals surface area contributed by atoms with Gasteiger partial charge < -0.3 is 10.7 Å². The Kier molecular flexibility index (Phi) is 2.56. The molecule has 19 heavy (non-hydrogen) atoms. The van der Waals surface area contributed by atoms with E-state index in [1.54, 1.807) is 6.20 Å². The largest absolute Gasteiger partial charge is 0.399 e. The highest BCUT2D eigenvalue weighted by Crippen LogP contribution is 2.23. The van der Waals surface area contributed by atoms with Gasteiger partial charge in [-0.05, 0) is 24.3 Å². The molecule has 0 bridgehead atoms. The van der Waals surface area contributed by atoms with E-state index in [2.05, 4.69) is 4.98 Å². The van der Waals surface area contributed by atoms with E-state index >= 15 is 0 Å². The summed E-state index contributed by atoms with van der Waals surface area (Å²) in [6.07, 6.45) is 1.59. The molecule has 0 fully saturated rings. The molecule has 0 aliphatic carbocycles. The maximum Gasteiger partial charge on any atom is 0.198 e. The molecule has 3 nitrogen and oxygen atoms in total. The van der Waals surface area contributed by atoms with Gasteiger partial charge in [-0.15, -0.1) is 0 Å². The zero-order chi connectivity index (χ0) is 13.4. The van der Waals surface area contributed by atoms with E-state index in [-0.39, 0.29) is 11.3 Å². The Labute approximate surface area is 108 Å². The Morgan fingerprint density at radius 2 is 1.89 bits per heavy atom. The second-order valence-electron chi connectivity index (χ2n) is 4.32. The molecule has 0 aliphatic heterocycles. The summed E-state index contributed by atoms with van der Waals surface area (Å²) in [5.41, 5.74) is 7.25. The number of hydrogen-bond donors (Lipinski definition) is 2. The highest BCUT2D eigenvalue weighted by atomic mass is 19.1. The van der Waals surface area contributed by atoms with Crippen LogP contribution in [0.25, 0.3) is 10.9 Å². The fourth-order valence-corrected chi connectivity index (χ4v) is 2.12. The average Bonchev–Trinajstić information content (AvgIpc) is 2.84. The van der Waals surface area contributed by atoms with Crippen molar-refractivity contribution in [3.05, 3.63) is 65.6 Å². The number of fused-ring (bicyclic) bond motifs is 1. The number of aromatic nitrogens is 1. The third kappa shape index (κ3) is 1.87. The van der Waals surface area contributed by atoms with Gasteiger partial charge in [-0.25, -0.2) is 4.39 Å². The molecule has 0 unspecified atom stereocenters. The normalized spacial score (nSPS) is 10.8. The summed E-state index contributed by atoms with van der Waals surface area (Å²) >= 11 is 0. The lowest BCUT2D eigenvalue weighted by Gasteiger charge is -2.03. The highest BCUT2D eigenvalue weighted by molar-refractivity contribution is 6.16. The number of nitrogen functional groups attached to an aromatic ring is 1. The third-order valence-electron chi connectivity index (χ3n) is 3.07. The number of anilines is 1. The molecule has 94 valence electrons. The molecule has 0 radical (unpaired) electrons.